The minimum atomic E-state index is -1.29. The number of hydrogen-bond acceptors (Lipinski definition) is 11. The first-order valence-electron chi connectivity index (χ1n) is 12.7. The van der Waals surface area contributed by atoms with Crippen LogP contribution in [0.3, 0.4) is 0 Å². The van der Waals surface area contributed by atoms with Gasteiger partial charge in [-0.1, -0.05) is 0 Å². The molecule has 0 saturated carbocycles. The van der Waals surface area contributed by atoms with Gasteiger partial charge in [0.15, 0.2) is 34.5 Å². The highest BCUT2D eigenvalue weighted by Gasteiger charge is 2.46. The molecule has 3 aliphatic heterocycles. The van der Waals surface area contributed by atoms with Crippen LogP contribution in [0.1, 0.15) is 51.6 Å². The van der Waals surface area contributed by atoms with Gasteiger partial charge in [0.05, 0.1) is 31.3 Å². The second kappa shape index (κ2) is 10.3. The molecule has 0 spiro atoms. The number of fused-ring (bicyclic) bond motifs is 6. The molecule has 0 radical (unpaired) electrons. The van der Waals surface area contributed by atoms with Crippen LogP contribution < -0.4 is 23.7 Å². The monoisotopic (exact) mass is 580 g/mol. The minimum absolute atomic E-state index is 0.158. The Hall–Kier alpha value is -5.26. The Morgan fingerprint density at radius 1 is 0.929 bits per heavy atom. The third kappa shape index (κ3) is 4.80. The zero-order valence-corrected chi connectivity index (χ0v) is 23.0. The smallest absolute Gasteiger partial charge is 0.335 e. The number of carboxylic acid groups (broad SMARTS) is 1. The van der Waals surface area contributed by atoms with Crippen molar-refractivity contribution in [2.45, 2.75) is 31.5 Å². The maximum Gasteiger partial charge on any atom is 0.335 e. The van der Waals surface area contributed by atoms with Crippen LogP contribution in [-0.4, -0.2) is 69.8 Å². The Morgan fingerprint density at radius 3 is 2.19 bits per heavy atom. The lowest BCUT2D eigenvalue weighted by Crippen LogP contribution is -2.43. The van der Waals surface area contributed by atoms with Gasteiger partial charge in [0.25, 0.3) is 0 Å². The van der Waals surface area contributed by atoms with E-state index in [1.807, 2.05) is 26.0 Å². The van der Waals surface area contributed by atoms with Gasteiger partial charge in [-0.3, -0.25) is 4.79 Å². The van der Waals surface area contributed by atoms with E-state index in [9.17, 15) is 14.7 Å². The SMILES string of the molecule is COc1cc2c(cc1OC)C1C(=O)c3c(O)cc4c(c3OC1CO2)C=CC(C)(C)O4.O=C(O)c1cc(O)c(O)c(O)c1. The largest absolute Gasteiger partial charge is 0.507 e. The third-order valence-corrected chi connectivity index (χ3v) is 7.03. The topological polar surface area (TPSA) is 181 Å². The van der Waals surface area contributed by atoms with Crippen molar-refractivity contribution in [3.63, 3.8) is 0 Å². The predicted octanol–water partition coefficient (Wildman–Crippen LogP) is 4.22. The van der Waals surface area contributed by atoms with Crippen LogP contribution in [0.15, 0.2) is 36.4 Å². The average Bonchev–Trinajstić information content (AvgIpc) is 2.94. The van der Waals surface area contributed by atoms with E-state index in [2.05, 4.69) is 0 Å². The number of carbonyl (C=O) groups is 2. The van der Waals surface area contributed by atoms with Gasteiger partial charge in [-0.25, -0.2) is 4.79 Å². The lowest BCUT2D eigenvalue weighted by atomic mass is 9.80. The fourth-order valence-corrected chi connectivity index (χ4v) is 5.00. The molecule has 3 aliphatic rings. The molecule has 42 heavy (non-hydrogen) atoms. The number of rotatable bonds is 3. The molecule has 12 nitrogen and oxygen atoms in total. The van der Waals surface area contributed by atoms with Crippen molar-refractivity contribution in [2.24, 2.45) is 0 Å². The van der Waals surface area contributed by atoms with Gasteiger partial charge in [0, 0.05) is 17.7 Å². The van der Waals surface area contributed by atoms with Crippen LogP contribution in [0.25, 0.3) is 6.08 Å². The number of carboxylic acids is 1. The van der Waals surface area contributed by atoms with E-state index in [-0.39, 0.29) is 29.3 Å². The first-order valence-corrected chi connectivity index (χ1v) is 12.7. The number of aromatic hydroxyl groups is 4. The normalized spacial score (nSPS) is 18.7. The molecule has 3 heterocycles. The van der Waals surface area contributed by atoms with E-state index in [1.54, 1.807) is 19.2 Å². The molecule has 2 atom stereocenters. The quantitative estimate of drug-likeness (QED) is 0.279. The summed E-state index contributed by atoms with van der Waals surface area (Å²) in [5.41, 5.74) is 0.641. The number of phenols is 4. The summed E-state index contributed by atoms with van der Waals surface area (Å²) in [6.45, 7) is 4.02. The zero-order chi connectivity index (χ0) is 30.5. The number of methoxy groups -OCH3 is 2. The second-order valence-electron chi connectivity index (χ2n) is 10.3. The van der Waals surface area contributed by atoms with Crippen LogP contribution in [0.2, 0.25) is 0 Å². The lowest BCUT2D eigenvalue weighted by molar-refractivity contribution is 0.0547. The standard InChI is InChI=1S/C23H22O7.C7H6O5/c1-23(2)6-5-11-15(30-23)8-13(24)20-21(25)19-12-7-16(26-3)17(27-4)9-14(12)28-10-18(19)29-22(11)20;8-4-1-3(7(11)12)2-5(9)6(4)10/h5-9,18-19,24H,10H2,1-4H3;1-2,8-10H,(H,11,12). The number of benzene rings is 3. The average molecular weight is 581 g/mol. The van der Waals surface area contributed by atoms with E-state index in [0.717, 1.165) is 12.1 Å². The summed E-state index contributed by atoms with van der Waals surface area (Å²) in [6.07, 6.45) is 3.23. The Balaban J connectivity index is 0.000000248. The molecule has 3 aromatic rings. The molecule has 0 fully saturated rings. The zero-order valence-electron chi connectivity index (χ0n) is 23.0. The highest BCUT2D eigenvalue weighted by atomic mass is 16.5. The van der Waals surface area contributed by atoms with E-state index in [4.69, 9.17) is 44.1 Å². The summed E-state index contributed by atoms with van der Waals surface area (Å²) >= 11 is 0. The van der Waals surface area contributed by atoms with E-state index in [1.165, 1.54) is 13.2 Å². The molecular weight excluding hydrogens is 552 g/mol. The summed E-state index contributed by atoms with van der Waals surface area (Å²) in [5, 5.41) is 45.6. The summed E-state index contributed by atoms with van der Waals surface area (Å²) in [4.78, 5) is 23.9. The van der Waals surface area contributed by atoms with E-state index in [0.29, 0.717) is 39.9 Å². The van der Waals surface area contributed by atoms with Gasteiger partial charge >= 0.3 is 5.97 Å². The minimum Gasteiger partial charge on any atom is -0.507 e. The van der Waals surface area contributed by atoms with Gasteiger partial charge in [-0.2, -0.15) is 0 Å². The van der Waals surface area contributed by atoms with Gasteiger partial charge < -0.3 is 49.2 Å². The Kier molecular flexibility index (Phi) is 6.93. The highest BCUT2D eigenvalue weighted by Crippen LogP contribution is 2.52. The second-order valence-corrected chi connectivity index (χ2v) is 10.3. The Bertz CT molecular complexity index is 1610. The molecule has 0 aliphatic carbocycles. The summed E-state index contributed by atoms with van der Waals surface area (Å²) in [7, 11) is 3.07. The molecule has 220 valence electrons. The number of ketones is 1. The highest BCUT2D eigenvalue weighted by molar-refractivity contribution is 6.08. The number of carbonyl (C=O) groups excluding carboxylic acids is 1. The number of aromatic carboxylic acids is 1. The maximum atomic E-state index is 13.6. The van der Waals surface area contributed by atoms with Crippen molar-refractivity contribution in [3.8, 4) is 51.7 Å². The van der Waals surface area contributed by atoms with E-state index < -0.39 is 40.8 Å². The molecule has 6 rings (SSSR count). The van der Waals surface area contributed by atoms with Crippen molar-refractivity contribution >= 4 is 17.8 Å². The Morgan fingerprint density at radius 2 is 1.57 bits per heavy atom. The molecule has 0 aromatic heterocycles. The fraction of sp³-hybridized carbons (Fsp3) is 0.267. The molecule has 0 amide bonds. The van der Waals surface area contributed by atoms with Crippen LogP contribution in [0.5, 0.6) is 51.7 Å². The lowest BCUT2D eigenvalue weighted by Gasteiger charge is -2.39. The number of Topliss-reactive ketones (excluding diaryl/α,β-unsaturated/α-hetero) is 1. The predicted molar refractivity (Wildman–Crippen MR) is 147 cm³/mol. The Labute approximate surface area is 239 Å². The molecule has 3 aromatic carbocycles. The van der Waals surface area contributed by atoms with Crippen molar-refractivity contribution in [3.05, 3.63) is 58.7 Å². The first kappa shape index (κ1) is 28.3. The molecule has 0 bridgehead atoms. The molecule has 12 heteroatoms. The van der Waals surface area contributed by atoms with Crippen LogP contribution in [0, 0.1) is 0 Å². The van der Waals surface area contributed by atoms with Gasteiger partial charge in [-0.05, 0) is 44.2 Å². The van der Waals surface area contributed by atoms with Crippen LogP contribution in [0.4, 0.5) is 0 Å². The third-order valence-electron chi connectivity index (χ3n) is 7.03. The summed E-state index contributed by atoms with van der Waals surface area (Å²) in [6, 6.07) is 6.61. The maximum absolute atomic E-state index is 13.6. The molecule has 0 saturated heterocycles. The van der Waals surface area contributed by atoms with Crippen molar-refractivity contribution in [1.82, 2.24) is 0 Å². The molecule has 5 N–H and O–H groups in total. The summed E-state index contributed by atoms with van der Waals surface area (Å²) < 4.78 is 28.8. The number of hydrogen-bond donors (Lipinski definition) is 5. The first-order chi connectivity index (χ1) is 19.8. The van der Waals surface area contributed by atoms with Crippen LogP contribution >= 0.6 is 0 Å². The summed E-state index contributed by atoms with van der Waals surface area (Å²) in [5.74, 6) is -1.99. The number of ether oxygens (including phenoxy) is 5. The van der Waals surface area contributed by atoms with Crippen molar-refractivity contribution < 1.29 is 58.8 Å². The van der Waals surface area contributed by atoms with Crippen molar-refractivity contribution in [1.29, 1.82) is 0 Å². The van der Waals surface area contributed by atoms with Crippen LogP contribution in [-0.2, 0) is 0 Å². The van der Waals surface area contributed by atoms with Gasteiger partial charge in [0.2, 0.25) is 0 Å². The van der Waals surface area contributed by atoms with Gasteiger partial charge in [-0.15, -0.1) is 0 Å². The van der Waals surface area contributed by atoms with Gasteiger partial charge in [0.1, 0.15) is 46.9 Å². The molecule has 2 unspecified atom stereocenters. The van der Waals surface area contributed by atoms with E-state index >= 15 is 0 Å². The number of phenolic OH excluding ortho intramolecular Hbond substituents is 4. The fourth-order valence-electron chi connectivity index (χ4n) is 5.00. The van der Waals surface area contributed by atoms with Crippen molar-refractivity contribution in [2.75, 3.05) is 20.8 Å². The molecular formula is C30H28O12.